The molecule has 0 fully saturated rings. The molecule has 0 unspecified atom stereocenters. The lowest BCUT2D eigenvalue weighted by Gasteiger charge is -1.92. The molecule has 1 rings (SSSR count). The summed E-state index contributed by atoms with van der Waals surface area (Å²) in [5, 5.41) is 0. The van der Waals surface area contributed by atoms with Gasteiger partial charge in [0.1, 0.15) is 0 Å². The van der Waals surface area contributed by atoms with Crippen LogP contribution in [0.15, 0.2) is 36.5 Å². The fourth-order valence-corrected chi connectivity index (χ4v) is 1.28. The summed E-state index contributed by atoms with van der Waals surface area (Å²) >= 11 is 0. The minimum Gasteiger partial charge on any atom is -0.0882 e. The molecule has 0 radical (unpaired) electrons. The maximum absolute atomic E-state index is 2.29. The molecule has 0 saturated heterocycles. The first-order chi connectivity index (χ1) is 6.00. The number of rotatable bonds is 0. The van der Waals surface area contributed by atoms with Gasteiger partial charge in [0.15, 0.2) is 0 Å². The van der Waals surface area contributed by atoms with Crippen LogP contribution >= 0.6 is 0 Å². The molecular weight excluding hydrogens is 144 g/mol. The molecule has 0 N–H and O–H groups in total. The third kappa shape index (κ3) is 4.95. The van der Waals surface area contributed by atoms with Crippen molar-refractivity contribution >= 4 is 0 Å². The van der Waals surface area contributed by atoms with Crippen LogP contribution in [0.5, 0.6) is 0 Å². The lowest BCUT2D eigenvalue weighted by molar-refractivity contribution is 0.962. The van der Waals surface area contributed by atoms with E-state index < -0.39 is 0 Å². The molecule has 0 aromatic carbocycles. The van der Waals surface area contributed by atoms with Gasteiger partial charge in [-0.15, -0.1) is 0 Å². The Kier molecular flexibility index (Phi) is 5.35. The number of allylic oxidation sites excluding steroid dienone is 6. The van der Waals surface area contributed by atoms with Crippen molar-refractivity contribution in [2.45, 2.75) is 38.5 Å². The summed E-state index contributed by atoms with van der Waals surface area (Å²) in [5.74, 6) is 0. The van der Waals surface area contributed by atoms with Gasteiger partial charge >= 0.3 is 0 Å². The molecule has 0 aliphatic heterocycles. The van der Waals surface area contributed by atoms with Gasteiger partial charge in [-0.1, -0.05) is 36.5 Å². The molecule has 1 aliphatic rings. The third-order valence-corrected chi connectivity index (χ3v) is 2.00. The molecule has 0 saturated carbocycles. The van der Waals surface area contributed by atoms with Crippen molar-refractivity contribution < 1.29 is 0 Å². The van der Waals surface area contributed by atoms with Gasteiger partial charge in [0, 0.05) is 0 Å². The Morgan fingerprint density at radius 3 is 0.667 bits per heavy atom. The molecule has 12 heavy (non-hydrogen) atoms. The third-order valence-electron chi connectivity index (χ3n) is 2.00. The van der Waals surface area contributed by atoms with Crippen molar-refractivity contribution in [2.24, 2.45) is 0 Å². The Hall–Kier alpha value is -0.780. The topological polar surface area (TPSA) is 0 Å². The van der Waals surface area contributed by atoms with E-state index in [4.69, 9.17) is 0 Å². The summed E-state index contributed by atoms with van der Waals surface area (Å²) in [6, 6.07) is 0. The van der Waals surface area contributed by atoms with Crippen LogP contribution in [0, 0.1) is 0 Å². The second kappa shape index (κ2) is 6.90. The molecule has 0 aromatic heterocycles. The molecule has 0 atom stereocenters. The number of hydrogen-bond acceptors (Lipinski definition) is 0. The predicted octanol–water partition coefficient (Wildman–Crippen LogP) is 4.01. The van der Waals surface area contributed by atoms with E-state index in [1.165, 1.54) is 38.5 Å². The Balaban J connectivity index is 2.30. The van der Waals surface area contributed by atoms with Gasteiger partial charge in [-0.3, -0.25) is 0 Å². The van der Waals surface area contributed by atoms with E-state index in [0.29, 0.717) is 0 Å². The fraction of sp³-hybridized carbons (Fsp3) is 0.500. The van der Waals surface area contributed by atoms with Crippen molar-refractivity contribution in [1.82, 2.24) is 0 Å². The molecule has 0 spiro atoms. The van der Waals surface area contributed by atoms with E-state index in [9.17, 15) is 0 Å². The average Bonchev–Trinajstić information content (AvgIpc) is 2.05. The zero-order valence-electron chi connectivity index (χ0n) is 7.71. The Morgan fingerprint density at radius 2 is 0.500 bits per heavy atom. The van der Waals surface area contributed by atoms with Crippen molar-refractivity contribution in [3.63, 3.8) is 0 Å². The molecule has 0 heterocycles. The van der Waals surface area contributed by atoms with Gasteiger partial charge in [0.05, 0.1) is 0 Å². The van der Waals surface area contributed by atoms with Crippen LogP contribution < -0.4 is 0 Å². The molecule has 0 nitrogen and oxygen atoms in total. The summed E-state index contributed by atoms with van der Waals surface area (Å²) in [7, 11) is 0. The van der Waals surface area contributed by atoms with Crippen LogP contribution in [0.25, 0.3) is 0 Å². The lowest BCUT2D eigenvalue weighted by Crippen LogP contribution is -1.71. The molecule has 66 valence electrons. The summed E-state index contributed by atoms with van der Waals surface area (Å²) in [4.78, 5) is 0. The van der Waals surface area contributed by atoms with Gasteiger partial charge in [0.2, 0.25) is 0 Å². The lowest BCUT2D eigenvalue weighted by atomic mass is 10.1. The largest absolute Gasteiger partial charge is 0.0882 e. The first kappa shape index (κ1) is 9.31. The van der Waals surface area contributed by atoms with Crippen LogP contribution in [-0.4, -0.2) is 0 Å². The normalized spacial score (nSPS) is 28.0. The summed E-state index contributed by atoms with van der Waals surface area (Å²) in [6.07, 6.45) is 21.0. The summed E-state index contributed by atoms with van der Waals surface area (Å²) in [5.41, 5.74) is 0. The van der Waals surface area contributed by atoms with E-state index in [1.54, 1.807) is 0 Å². The van der Waals surface area contributed by atoms with Crippen molar-refractivity contribution in [3.05, 3.63) is 36.5 Å². The second-order valence-electron chi connectivity index (χ2n) is 3.15. The zero-order chi connectivity index (χ0) is 8.49. The van der Waals surface area contributed by atoms with E-state index in [-0.39, 0.29) is 0 Å². The van der Waals surface area contributed by atoms with Gasteiger partial charge in [-0.25, -0.2) is 0 Å². The maximum atomic E-state index is 2.29. The predicted molar refractivity (Wildman–Crippen MR) is 55.1 cm³/mol. The molecular formula is C12H18. The first-order valence-corrected chi connectivity index (χ1v) is 4.95. The minimum absolute atomic E-state index is 1.21. The minimum atomic E-state index is 1.21. The van der Waals surface area contributed by atoms with Crippen molar-refractivity contribution in [3.8, 4) is 0 Å². The van der Waals surface area contributed by atoms with E-state index in [1.807, 2.05) is 0 Å². The number of hydrogen-bond donors (Lipinski definition) is 0. The van der Waals surface area contributed by atoms with Crippen LogP contribution in [0.4, 0.5) is 0 Å². The van der Waals surface area contributed by atoms with Gasteiger partial charge in [-0.05, 0) is 38.5 Å². The highest BCUT2D eigenvalue weighted by Crippen LogP contribution is 2.02. The standard InChI is InChI=1S/C12H18/c1-2-4-6-8-10-12-11-9-7-5-3-1/h1-2,7-10H,3-6,11-12H2/b2-1-,9-7-,10-8+. The molecule has 1 aliphatic carbocycles. The van der Waals surface area contributed by atoms with E-state index >= 15 is 0 Å². The van der Waals surface area contributed by atoms with Crippen LogP contribution in [0.2, 0.25) is 0 Å². The zero-order valence-corrected chi connectivity index (χ0v) is 7.71. The Labute approximate surface area is 75.7 Å². The second-order valence-corrected chi connectivity index (χ2v) is 3.15. The molecule has 0 amide bonds. The quantitative estimate of drug-likeness (QED) is 0.472. The molecule has 0 heteroatoms. The van der Waals surface area contributed by atoms with Gasteiger partial charge < -0.3 is 0 Å². The fourth-order valence-electron chi connectivity index (χ4n) is 1.28. The van der Waals surface area contributed by atoms with Crippen LogP contribution in [0.1, 0.15) is 38.5 Å². The van der Waals surface area contributed by atoms with Crippen LogP contribution in [-0.2, 0) is 0 Å². The smallest absolute Gasteiger partial charge is 0.0316 e. The highest BCUT2D eigenvalue weighted by Gasteiger charge is 1.82. The Bertz CT molecular complexity index is 121. The summed E-state index contributed by atoms with van der Waals surface area (Å²) in [6.45, 7) is 0. The average molecular weight is 162 g/mol. The molecule has 0 aromatic rings. The van der Waals surface area contributed by atoms with Gasteiger partial charge in [-0.2, -0.15) is 0 Å². The Morgan fingerprint density at radius 1 is 0.333 bits per heavy atom. The SMILES string of the molecule is C1=C\CC/C=C/CC/C=C\CC/1. The van der Waals surface area contributed by atoms with E-state index in [2.05, 4.69) is 36.5 Å². The first-order valence-electron chi connectivity index (χ1n) is 4.95. The van der Waals surface area contributed by atoms with Crippen LogP contribution in [0.3, 0.4) is 0 Å². The van der Waals surface area contributed by atoms with Crippen molar-refractivity contribution in [1.29, 1.82) is 0 Å². The highest BCUT2D eigenvalue weighted by atomic mass is 13.9. The van der Waals surface area contributed by atoms with E-state index in [0.717, 1.165) is 0 Å². The summed E-state index contributed by atoms with van der Waals surface area (Å²) < 4.78 is 0. The maximum Gasteiger partial charge on any atom is -0.0316 e. The van der Waals surface area contributed by atoms with Crippen molar-refractivity contribution in [2.75, 3.05) is 0 Å². The van der Waals surface area contributed by atoms with Gasteiger partial charge in [0.25, 0.3) is 0 Å². The molecule has 0 bridgehead atoms. The highest BCUT2D eigenvalue weighted by molar-refractivity contribution is 4.93. The monoisotopic (exact) mass is 162 g/mol.